The van der Waals surface area contributed by atoms with Gasteiger partial charge in [0.15, 0.2) is 11.5 Å². The van der Waals surface area contributed by atoms with Crippen molar-refractivity contribution in [2.24, 2.45) is 5.10 Å². The van der Waals surface area contributed by atoms with E-state index in [-0.39, 0.29) is 5.91 Å². The van der Waals surface area contributed by atoms with E-state index in [9.17, 15) is 4.79 Å². The molecule has 0 aliphatic carbocycles. The first-order valence-corrected chi connectivity index (χ1v) is 10.1. The number of nitrogens with zero attached hydrogens (tertiary/aromatic N) is 1. The zero-order valence-corrected chi connectivity index (χ0v) is 18.1. The van der Waals surface area contributed by atoms with Gasteiger partial charge in [-0.3, -0.25) is 4.79 Å². The fourth-order valence-electron chi connectivity index (χ4n) is 2.87. The van der Waals surface area contributed by atoms with Crippen LogP contribution in [0.15, 0.2) is 35.4 Å². The lowest BCUT2D eigenvalue weighted by Crippen LogP contribution is -2.16. The maximum absolute atomic E-state index is 12.6. The van der Waals surface area contributed by atoms with Gasteiger partial charge in [0, 0.05) is 15.6 Å². The van der Waals surface area contributed by atoms with Gasteiger partial charge in [-0.15, -0.1) is 11.3 Å². The predicted molar refractivity (Wildman–Crippen MR) is 117 cm³/mol. The lowest BCUT2D eigenvalue weighted by molar-refractivity contribution is 0.0959. The number of carbonyl (C=O) groups excluding carboxylic acids is 1. The Labute approximate surface area is 178 Å². The van der Waals surface area contributed by atoms with Crippen molar-refractivity contribution in [2.45, 2.75) is 13.3 Å². The smallest absolute Gasteiger partial charge is 0.283 e. The summed E-state index contributed by atoms with van der Waals surface area (Å²) in [7, 11) is 4.60. The number of nitrogens with one attached hydrogen (secondary N) is 1. The Morgan fingerprint density at radius 2 is 1.83 bits per heavy atom. The van der Waals surface area contributed by atoms with Gasteiger partial charge < -0.3 is 14.2 Å². The highest BCUT2D eigenvalue weighted by molar-refractivity contribution is 7.21. The Morgan fingerprint density at radius 3 is 2.41 bits per heavy atom. The van der Waals surface area contributed by atoms with Crippen LogP contribution in [0.3, 0.4) is 0 Å². The molecule has 0 saturated heterocycles. The van der Waals surface area contributed by atoms with Gasteiger partial charge in [-0.25, -0.2) is 5.43 Å². The van der Waals surface area contributed by atoms with E-state index in [1.165, 1.54) is 44.4 Å². The molecule has 0 fully saturated rings. The number of halogens is 1. The van der Waals surface area contributed by atoms with Gasteiger partial charge >= 0.3 is 0 Å². The van der Waals surface area contributed by atoms with Gasteiger partial charge in [-0.05, 0) is 30.2 Å². The second-order valence-electron chi connectivity index (χ2n) is 6.09. The number of ether oxygens (including phenoxy) is 3. The van der Waals surface area contributed by atoms with Gasteiger partial charge in [0.2, 0.25) is 5.75 Å². The number of aryl methyl sites for hydroxylation is 1. The normalized spacial score (nSPS) is 11.1. The van der Waals surface area contributed by atoms with Gasteiger partial charge in [0.05, 0.1) is 32.6 Å². The SMILES string of the molecule is CCc1ccc2c(Cl)c(C(=O)N/N=C/c3cc(OC)c(OC)c(OC)c3)sc2c1. The summed E-state index contributed by atoms with van der Waals surface area (Å²) >= 11 is 7.76. The minimum absolute atomic E-state index is 0.363. The van der Waals surface area contributed by atoms with E-state index in [1.807, 2.05) is 12.1 Å². The molecular formula is C21H21ClN2O4S. The fraction of sp³-hybridized carbons (Fsp3) is 0.238. The highest BCUT2D eigenvalue weighted by Crippen LogP contribution is 2.38. The molecule has 8 heteroatoms. The van der Waals surface area contributed by atoms with Crippen LogP contribution < -0.4 is 19.6 Å². The number of hydrogen-bond donors (Lipinski definition) is 1. The lowest BCUT2D eigenvalue weighted by Gasteiger charge is -2.12. The van der Waals surface area contributed by atoms with Crippen LogP contribution in [-0.2, 0) is 6.42 Å². The number of benzene rings is 2. The summed E-state index contributed by atoms with van der Waals surface area (Å²) in [4.78, 5) is 13.0. The van der Waals surface area contributed by atoms with Crippen molar-refractivity contribution in [3.8, 4) is 17.2 Å². The molecule has 152 valence electrons. The molecule has 6 nitrogen and oxygen atoms in total. The third kappa shape index (κ3) is 4.31. The van der Waals surface area contributed by atoms with E-state index in [0.29, 0.717) is 32.7 Å². The Hall–Kier alpha value is -2.77. The summed E-state index contributed by atoms with van der Waals surface area (Å²) in [6.07, 6.45) is 2.42. The molecule has 0 unspecified atom stereocenters. The molecule has 0 bridgehead atoms. The molecule has 1 amide bonds. The standard InChI is InChI=1S/C21H21ClN2O4S/c1-5-12-6-7-14-17(10-12)29-20(18(14)22)21(25)24-23-11-13-8-15(26-2)19(28-4)16(9-13)27-3/h6-11H,5H2,1-4H3,(H,24,25)/b23-11+. The Kier molecular flexibility index (Phi) is 6.61. The molecule has 0 atom stereocenters. The Bertz CT molecular complexity index is 1050. The summed E-state index contributed by atoms with van der Waals surface area (Å²) in [5, 5.41) is 5.35. The molecule has 1 aromatic heterocycles. The minimum Gasteiger partial charge on any atom is -0.493 e. The summed E-state index contributed by atoms with van der Waals surface area (Å²) in [6, 6.07) is 9.49. The molecule has 1 N–H and O–H groups in total. The second kappa shape index (κ2) is 9.15. The number of carbonyl (C=O) groups is 1. The van der Waals surface area contributed by atoms with Crippen LogP contribution in [0.5, 0.6) is 17.2 Å². The average Bonchev–Trinajstić information content (AvgIpc) is 3.08. The molecule has 0 saturated carbocycles. The van der Waals surface area contributed by atoms with Crippen molar-refractivity contribution in [3.63, 3.8) is 0 Å². The molecule has 2 aromatic carbocycles. The maximum Gasteiger partial charge on any atom is 0.283 e. The molecule has 0 aliphatic rings. The highest BCUT2D eigenvalue weighted by Gasteiger charge is 2.17. The van der Waals surface area contributed by atoms with E-state index in [2.05, 4.69) is 23.5 Å². The monoisotopic (exact) mass is 432 g/mol. The van der Waals surface area contributed by atoms with Crippen molar-refractivity contribution < 1.29 is 19.0 Å². The molecule has 1 heterocycles. The van der Waals surface area contributed by atoms with E-state index >= 15 is 0 Å². The van der Waals surface area contributed by atoms with Crippen molar-refractivity contribution in [3.05, 3.63) is 51.4 Å². The third-order valence-corrected chi connectivity index (χ3v) is 6.03. The van der Waals surface area contributed by atoms with E-state index in [1.54, 1.807) is 12.1 Å². The first kappa shape index (κ1) is 21.0. The van der Waals surface area contributed by atoms with Crippen LogP contribution in [0.25, 0.3) is 10.1 Å². The van der Waals surface area contributed by atoms with Crippen LogP contribution in [0.1, 0.15) is 27.7 Å². The second-order valence-corrected chi connectivity index (χ2v) is 7.52. The first-order valence-electron chi connectivity index (χ1n) is 8.86. The van der Waals surface area contributed by atoms with Crippen LogP contribution in [0.2, 0.25) is 5.02 Å². The zero-order valence-electron chi connectivity index (χ0n) is 16.5. The van der Waals surface area contributed by atoms with E-state index in [4.69, 9.17) is 25.8 Å². The van der Waals surface area contributed by atoms with Crippen molar-refractivity contribution in [2.75, 3.05) is 21.3 Å². The molecule has 0 radical (unpaired) electrons. The van der Waals surface area contributed by atoms with E-state index in [0.717, 1.165) is 16.5 Å². The lowest BCUT2D eigenvalue weighted by atomic mass is 10.1. The Balaban J connectivity index is 1.81. The van der Waals surface area contributed by atoms with Crippen LogP contribution in [0, 0.1) is 0 Å². The van der Waals surface area contributed by atoms with Gasteiger partial charge in [0.25, 0.3) is 5.91 Å². The first-order chi connectivity index (χ1) is 14.0. The van der Waals surface area contributed by atoms with E-state index < -0.39 is 0 Å². The zero-order chi connectivity index (χ0) is 21.0. The van der Waals surface area contributed by atoms with Crippen molar-refractivity contribution >= 4 is 45.1 Å². The third-order valence-electron chi connectivity index (χ3n) is 4.38. The molecule has 3 rings (SSSR count). The summed E-state index contributed by atoms with van der Waals surface area (Å²) in [5.41, 5.74) is 4.40. The minimum atomic E-state index is -0.363. The molecule has 3 aromatic rings. The number of amides is 1. The largest absolute Gasteiger partial charge is 0.493 e. The topological polar surface area (TPSA) is 69.2 Å². The van der Waals surface area contributed by atoms with Gasteiger partial charge in [0.1, 0.15) is 4.88 Å². The summed E-state index contributed by atoms with van der Waals surface area (Å²) in [6.45, 7) is 2.09. The van der Waals surface area contributed by atoms with Crippen LogP contribution in [0.4, 0.5) is 0 Å². The summed E-state index contributed by atoms with van der Waals surface area (Å²) in [5.74, 6) is 1.12. The number of rotatable bonds is 7. The Morgan fingerprint density at radius 1 is 1.14 bits per heavy atom. The van der Waals surface area contributed by atoms with Crippen LogP contribution >= 0.6 is 22.9 Å². The fourth-order valence-corrected chi connectivity index (χ4v) is 4.34. The number of thiophene rings is 1. The number of hydrazone groups is 1. The average molecular weight is 433 g/mol. The van der Waals surface area contributed by atoms with Crippen molar-refractivity contribution in [1.82, 2.24) is 5.43 Å². The molecule has 0 aliphatic heterocycles. The highest BCUT2D eigenvalue weighted by atomic mass is 35.5. The maximum atomic E-state index is 12.6. The predicted octanol–water partition coefficient (Wildman–Crippen LogP) is 4.91. The molecule has 0 spiro atoms. The number of fused-ring (bicyclic) bond motifs is 1. The summed E-state index contributed by atoms with van der Waals surface area (Å²) < 4.78 is 16.9. The van der Waals surface area contributed by atoms with Crippen LogP contribution in [-0.4, -0.2) is 33.5 Å². The number of hydrogen-bond acceptors (Lipinski definition) is 6. The number of methoxy groups -OCH3 is 3. The quantitative estimate of drug-likeness (QED) is 0.425. The van der Waals surface area contributed by atoms with Gasteiger partial charge in [-0.2, -0.15) is 5.10 Å². The van der Waals surface area contributed by atoms with Gasteiger partial charge in [-0.1, -0.05) is 30.7 Å². The van der Waals surface area contributed by atoms with Crippen molar-refractivity contribution in [1.29, 1.82) is 0 Å². The molecule has 29 heavy (non-hydrogen) atoms. The molecular weight excluding hydrogens is 412 g/mol.